The van der Waals surface area contributed by atoms with E-state index in [1.54, 1.807) is 0 Å². The predicted octanol–water partition coefficient (Wildman–Crippen LogP) is 0.965. The van der Waals surface area contributed by atoms with Gasteiger partial charge >= 0.3 is 0 Å². The lowest BCUT2D eigenvalue weighted by atomic mass is 10.3. The molecule has 0 aliphatic heterocycles. The van der Waals surface area contributed by atoms with Crippen molar-refractivity contribution in [1.29, 1.82) is 0 Å². The average Bonchev–Trinajstić information content (AvgIpc) is 2.50. The van der Waals surface area contributed by atoms with Crippen molar-refractivity contribution < 1.29 is 4.79 Å². The molecule has 1 amide bonds. The molecular weight excluding hydrogens is 192 g/mol. The normalized spacial score (nSPS) is 10.3. The molecule has 5 heteroatoms. The molecule has 0 aliphatic rings. The van der Waals surface area contributed by atoms with Gasteiger partial charge in [-0.25, -0.2) is 0 Å². The van der Waals surface area contributed by atoms with Crippen molar-refractivity contribution in [2.24, 2.45) is 0 Å². The summed E-state index contributed by atoms with van der Waals surface area (Å²) in [5.41, 5.74) is 1.98. The Kier molecular flexibility index (Phi) is 4.30. The third-order valence-corrected chi connectivity index (χ3v) is 2.29. The maximum atomic E-state index is 11.4. The standard InChI is InChI=1S/C10H18N4O/c1-4-11-6-5-9(15)12-10-7(2)8(3)13-14-10/h11H,4-6H2,1-3H3,(H2,12,13,14,15). The zero-order valence-corrected chi connectivity index (χ0v) is 9.48. The van der Waals surface area contributed by atoms with Gasteiger partial charge in [0.25, 0.3) is 0 Å². The SMILES string of the molecule is CCNCCC(=O)Nc1n[nH]c(C)c1C. The number of H-pyrrole nitrogens is 1. The molecule has 84 valence electrons. The van der Waals surface area contributed by atoms with Gasteiger partial charge in [0.1, 0.15) is 0 Å². The summed E-state index contributed by atoms with van der Waals surface area (Å²) < 4.78 is 0. The minimum atomic E-state index is -0.00875. The fourth-order valence-electron chi connectivity index (χ4n) is 1.18. The highest BCUT2D eigenvalue weighted by Gasteiger charge is 2.08. The number of rotatable bonds is 5. The fourth-order valence-corrected chi connectivity index (χ4v) is 1.18. The van der Waals surface area contributed by atoms with Crippen LogP contribution in [0.3, 0.4) is 0 Å². The Morgan fingerprint density at radius 3 is 2.73 bits per heavy atom. The number of aromatic nitrogens is 2. The third-order valence-electron chi connectivity index (χ3n) is 2.29. The number of carbonyl (C=O) groups excluding carboxylic acids is 1. The summed E-state index contributed by atoms with van der Waals surface area (Å²) in [5.74, 6) is 0.625. The monoisotopic (exact) mass is 210 g/mol. The molecule has 0 saturated heterocycles. The first-order chi connectivity index (χ1) is 7.15. The number of hydrogen-bond acceptors (Lipinski definition) is 3. The first-order valence-electron chi connectivity index (χ1n) is 5.17. The van der Waals surface area contributed by atoms with Gasteiger partial charge in [-0.3, -0.25) is 9.89 Å². The molecule has 0 atom stereocenters. The third kappa shape index (κ3) is 3.36. The number of aromatic amines is 1. The smallest absolute Gasteiger partial charge is 0.226 e. The van der Waals surface area contributed by atoms with Crippen molar-refractivity contribution in [1.82, 2.24) is 15.5 Å². The fraction of sp³-hybridized carbons (Fsp3) is 0.600. The number of aryl methyl sites for hydroxylation is 1. The Bertz CT molecular complexity index is 332. The molecule has 0 unspecified atom stereocenters. The summed E-state index contributed by atoms with van der Waals surface area (Å²) in [7, 11) is 0. The van der Waals surface area contributed by atoms with Crippen molar-refractivity contribution in [3.8, 4) is 0 Å². The Hall–Kier alpha value is -1.36. The van der Waals surface area contributed by atoms with Gasteiger partial charge in [0.15, 0.2) is 5.82 Å². The van der Waals surface area contributed by atoms with Crippen LogP contribution in [-0.4, -0.2) is 29.2 Å². The highest BCUT2D eigenvalue weighted by molar-refractivity contribution is 5.90. The van der Waals surface area contributed by atoms with Gasteiger partial charge in [-0.15, -0.1) is 0 Å². The van der Waals surface area contributed by atoms with Crippen LogP contribution in [0.15, 0.2) is 0 Å². The van der Waals surface area contributed by atoms with Gasteiger partial charge < -0.3 is 10.6 Å². The highest BCUT2D eigenvalue weighted by atomic mass is 16.1. The second kappa shape index (κ2) is 5.50. The van der Waals surface area contributed by atoms with Crippen molar-refractivity contribution in [3.63, 3.8) is 0 Å². The molecule has 1 aromatic rings. The van der Waals surface area contributed by atoms with Gasteiger partial charge in [0.05, 0.1) is 0 Å². The molecule has 1 heterocycles. The maximum absolute atomic E-state index is 11.4. The number of nitrogens with one attached hydrogen (secondary N) is 3. The lowest BCUT2D eigenvalue weighted by Crippen LogP contribution is -2.21. The second-order valence-electron chi connectivity index (χ2n) is 3.47. The molecule has 0 fully saturated rings. The van der Waals surface area contributed by atoms with Crippen LogP contribution in [0, 0.1) is 13.8 Å². The van der Waals surface area contributed by atoms with Crippen LogP contribution in [0.4, 0.5) is 5.82 Å². The minimum absolute atomic E-state index is 0.00875. The van der Waals surface area contributed by atoms with Crippen molar-refractivity contribution >= 4 is 11.7 Å². The molecule has 0 aromatic carbocycles. The summed E-state index contributed by atoms with van der Waals surface area (Å²) >= 11 is 0. The molecule has 0 bridgehead atoms. The molecule has 3 N–H and O–H groups in total. The van der Waals surface area contributed by atoms with Crippen LogP contribution in [-0.2, 0) is 4.79 Å². The van der Waals surface area contributed by atoms with E-state index in [2.05, 4.69) is 20.8 Å². The Balaban J connectivity index is 2.41. The summed E-state index contributed by atoms with van der Waals surface area (Å²) in [6.45, 7) is 7.45. The zero-order chi connectivity index (χ0) is 11.3. The first kappa shape index (κ1) is 11.7. The van der Waals surface area contributed by atoms with Crippen LogP contribution in [0.2, 0.25) is 0 Å². The topological polar surface area (TPSA) is 69.8 Å². The summed E-state index contributed by atoms with van der Waals surface area (Å²) in [6.07, 6.45) is 0.471. The Morgan fingerprint density at radius 1 is 1.47 bits per heavy atom. The van der Waals surface area contributed by atoms with Gasteiger partial charge in [-0.1, -0.05) is 6.92 Å². The molecule has 0 aliphatic carbocycles. The number of anilines is 1. The largest absolute Gasteiger partial charge is 0.316 e. The molecule has 15 heavy (non-hydrogen) atoms. The van der Waals surface area contributed by atoms with Crippen LogP contribution in [0.5, 0.6) is 0 Å². The van der Waals surface area contributed by atoms with E-state index in [0.717, 1.165) is 17.8 Å². The summed E-state index contributed by atoms with van der Waals surface area (Å²) in [4.78, 5) is 11.4. The van der Waals surface area contributed by atoms with E-state index in [4.69, 9.17) is 0 Å². The minimum Gasteiger partial charge on any atom is -0.316 e. The van der Waals surface area contributed by atoms with E-state index in [1.165, 1.54) is 0 Å². The second-order valence-corrected chi connectivity index (χ2v) is 3.47. The lowest BCUT2D eigenvalue weighted by molar-refractivity contribution is -0.116. The van der Waals surface area contributed by atoms with E-state index in [9.17, 15) is 4.79 Å². The van der Waals surface area contributed by atoms with E-state index < -0.39 is 0 Å². The molecule has 1 rings (SSSR count). The molecule has 0 saturated carbocycles. The molecule has 5 nitrogen and oxygen atoms in total. The van der Waals surface area contributed by atoms with Crippen LogP contribution in [0.1, 0.15) is 24.6 Å². The highest BCUT2D eigenvalue weighted by Crippen LogP contribution is 2.13. The van der Waals surface area contributed by atoms with E-state index in [-0.39, 0.29) is 5.91 Å². The predicted molar refractivity (Wildman–Crippen MR) is 59.9 cm³/mol. The van der Waals surface area contributed by atoms with Crippen LogP contribution < -0.4 is 10.6 Å². The van der Waals surface area contributed by atoms with Gasteiger partial charge in [0, 0.05) is 24.2 Å². The molecule has 1 aromatic heterocycles. The summed E-state index contributed by atoms with van der Waals surface area (Å²) in [5, 5.41) is 12.7. The summed E-state index contributed by atoms with van der Waals surface area (Å²) in [6, 6.07) is 0. The van der Waals surface area contributed by atoms with Gasteiger partial charge in [-0.05, 0) is 20.4 Å². The lowest BCUT2D eigenvalue weighted by Gasteiger charge is -2.03. The average molecular weight is 210 g/mol. The Labute approximate surface area is 89.6 Å². The van der Waals surface area contributed by atoms with Gasteiger partial charge in [-0.2, -0.15) is 5.10 Å². The van der Waals surface area contributed by atoms with Crippen LogP contribution in [0.25, 0.3) is 0 Å². The molecule has 0 radical (unpaired) electrons. The van der Waals surface area contributed by atoms with Crippen molar-refractivity contribution in [2.45, 2.75) is 27.2 Å². The number of amides is 1. The Morgan fingerprint density at radius 2 is 2.20 bits per heavy atom. The first-order valence-corrected chi connectivity index (χ1v) is 5.17. The van der Waals surface area contributed by atoms with Crippen molar-refractivity contribution in [2.75, 3.05) is 18.4 Å². The number of nitrogens with zero attached hydrogens (tertiary/aromatic N) is 1. The number of hydrogen-bond donors (Lipinski definition) is 3. The maximum Gasteiger partial charge on any atom is 0.226 e. The van der Waals surface area contributed by atoms with Gasteiger partial charge in [0.2, 0.25) is 5.91 Å². The van der Waals surface area contributed by atoms with E-state index >= 15 is 0 Å². The molecule has 0 spiro atoms. The molecular formula is C10H18N4O. The van der Waals surface area contributed by atoms with Crippen LogP contribution >= 0.6 is 0 Å². The van der Waals surface area contributed by atoms with E-state index in [0.29, 0.717) is 18.8 Å². The quantitative estimate of drug-likeness (QED) is 0.634. The van der Waals surface area contributed by atoms with Crippen molar-refractivity contribution in [3.05, 3.63) is 11.3 Å². The zero-order valence-electron chi connectivity index (χ0n) is 9.48. The number of carbonyl (C=O) groups is 1. The van der Waals surface area contributed by atoms with E-state index in [1.807, 2.05) is 20.8 Å².